The first kappa shape index (κ1) is 12.5. The third-order valence-electron chi connectivity index (χ3n) is 3.50. The Morgan fingerprint density at radius 1 is 1.53 bits per heavy atom. The van der Waals surface area contributed by atoms with Crippen molar-refractivity contribution in [3.05, 3.63) is 0 Å². The topological polar surface area (TPSA) is 60.8 Å². The molecule has 3 unspecified atom stereocenters. The monoisotopic (exact) mass is 215 g/mol. The second-order valence-corrected chi connectivity index (χ2v) is 4.55. The van der Waals surface area contributed by atoms with E-state index in [0.717, 1.165) is 25.9 Å². The Morgan fingerprint density at radius 2 is 2.20 bits per heavy atom. The molecule has 0 aromatic heterocycles. The van der Waals surface area contributed by atoms with E-state index in [2.05, 4.69) is 4.90 Å². The minimum absolute atomic E-state index is 0.0526. The Bertz CT molecular complexity index is 220. The van der Waals surface area contributed by atoms with E-state index in [9.17, 15) is 4.79 Å². The molecule has 0 amide bonds. The van der Waals surface area contributed by atoms with Gasteiger partial charge in [-0.3, -0.25) is 9.69 Å². The van der Waals surface area contributed by atoms with Crippen molar-refractivity contribution in [2.24, 2.45) is 11.8 Å². The molecule has 0 spiro atoms. The van der Waals surface area contributed by atoms with Gasteiger partial charge in [-0.15, -0.1) is 0 Å². The van der Waals surface area contributed by atoms with Crippen LogP contribution in [0.15, 0.2) is 0 Å². The highest BCUT2D eigenvalue weighted by Gasteiger charge is 2.29. The van der Waals surface area contributed by atoms with Gasteiger partial charge in [-0.1, -0.05) is 6.92 Å². The Balaban J connectivity index is 2.51. The lowest BCUT2D eigenvalue weighted by Crippen LogP contribution is -2.46. The first-order valence-electron chi connectivity index (χ1n) is 5.64. The molecule has 4 nitrogen and oxygen atoms in total. The smallest absolute Gasteiger partial charge is 0.307 e. The van der Waals surface area contributed by atoms with Crippen LogP contribution in [0.3, 0.4) is 0 Å². The van der Waals surface area contributed by atoms with Crippen molar-refractivity contribution in [1.82, 2.24) is 4.90 Å². The van der Waals surface area contributed by atoms with Crippen molar-refractivity contribution in [3.63, 3.8) is 0 Å². The summed E-state index contributed by atoms with van der Waals surface area (Å²) < 4.78 is 0. The predicted octanol–water partition coefficient (Wildman–Crippen LogP) is 0.800. The van der Waals surface area contributed by atoms with Gasteiger partial charge < -0.3 is 10.2 Å². The summed E-state index contributed by atoms with van der Waals surface area (Å²) in [5.41, 5.74) is 0. The molecular weight excluding hydrogens is 194 g/mol. The Hall–Kier alpha value is -0.610. The fourth-order valence-corrected chi connectivity index (χ4v) is 2.14. The number of carboxylic acids is 1. The maximum atomic E-state index is 10.9. The Labute approximate surface area is 90.9 Å². The molecule has 0 aromatic carbocycles. The highest BCUT2D eigenvalue weighted by atomic mass is 16.4. The number of hydrogen-bond acceptors (Lipinski definition) is 3. The largest absolute Gasteiger partial charge is 0.481 e. The molecule has 1 saturated heterocycles. The molecule has 0 radical (unpaired) electrons. The van der Waals surface area contributed by atoms with Gasteiger partial charge >= 0.3 is 5.97 Å². The zero-order chi connectivity index (χ0) is 11.4. The van der Waals surface area contributed by atoms with Gasteiger partial charge in [0.25, 0.3) is 0 Å². The Morgan fingerprint density at radius 3 is 2.73 bits per heavy atom. The van der Waals surface area contributed by atoms with Crippen LogP contribution in [0.4, 0.5) is 0 Å². The maximum absolute atomic E-state index is 10.9. The van der Waals surface area contributed by atoms with E-state index in [1.807, 2.05) is 6.92 Å². The molecule has 1 rings (SSSR count). The van der Waals surface area contributed by atoms with Crippen LogP contribution >= 0.6 is 0 Å². The highest BCUT2D eigenvalue weighted by molar-refractivity contribution is 5.70. The number of aliphatic hydroxyl groups excluding tert-OH is 1. The van der Waals surface area contributed by atoms with E-state index in [4.69, 9.17) is 10.2 Å². The number of hydrogen-bond donors (Lipinski definition) is 2. The zero-order valence-electron chi connectivity index (χ0n) is 9.52. The normalized spacial score (nSPS) is 27.3. The van der Waals surface area contributed by atoms with Gasteiger partial charge in [0.1, 0.15) is 0 Å². The van der Waals surface area contributed by atoms with Crippen molar-refractivity contribution < 1.29 is 15.0 Å². The molecule has 0 saturated carbocycles. The Kier molecular flexibility index (Phi) is 4.54. The second-order valence-electron chi connectivity index (χ2n) is 4.55. The maximum Gasteiger partial charge on any atom is 0.307 e. The quantitative estimate of drug-likeness (QED) is 0.728. The van der Waals surface area contributed by atoms with Crippen LogP contribution in [0.25, 0.3) is 0 Å². The van der Waals surface area contributed by atoms with Crippen LogP contribution in [0.5, 0.6) is 0 Å². The summed E-state index contributed by atoms with van der Waals surface area (Å²) in [6.07, 6.45) is 2.11. The van der Waals surface area contributed by atoms with E-state index in [1.165, 1.54) is 0 Å². The molecule has 0 aromatic rings. The highest BCUT2D eigenvalue weighted by Crippen LogP contribution is 2.21. The number of nitrogens with zero attached hydrogens (tertiary/aromatic N) is 1. The van der Waals surface area contributed by atoms with E-state index >= 15 is 0 Å². The van der Waals surface area contributed by atoms with Crippen LogP contribution < -0.4 is 0 Å². The minimum Gasteiger partial charge on any atom is -0.481 e. The molecule has 4 heteroatoms. The van der Waals surface area contributed by atoms with Gasteiger partial charge in [0.05, 0.1) is 5.92 Å². The van der Waals surface area contributed by atoms with Crippen molar-refractivity contribution in [2.75, 3.05) is 19.7 Å². The second kappa shape index (κ2) is 5.47. The number of likely N-dealkylation sites (tertiary alicyclic amines) is 1. The average Bonchev–Trinajstić information content (AvgIpc) is 2.27. The van der Waals surface area contributed by atoms with Crippen molar-refractivity contribution in [1.29, 1.82) is 0 Å². The predicted molar refractivity (Wildman–Crippen MR) is 57.6 cm³/mol. The van der Waals surface area contributed by atoms with Crippen molar-refractivity contribution in [3.8, 4) is 0 Å². The summed E-state index contributed by atoms with van der Waals surface area (Å²) in [5.74, 6) is -0.766. The number of piperidine rings is 1. The molecule has 1 fully saturated rings. The molecular formula is C11H21NO3. The molecule has 1 heterocycles. The molecule has 15 heavy (non-hydrogen) atoms. The van der Waals surface area contributed by atoms with Crippen molar-refractivity contribution in [2.45, 2.75) is 32.7 Å². The van der Waals surface area contributed by atoms with E-state index in [-0.39, 0.29) is 18.6 Å². The number of aliphatic carboxylic acids is 1. The zero-order valence-corrected chi connectivity index (χ0v) is 9.52. The van der Waals surface area contributed by atoms with Crippen LogP contribution in [0.1, 0.15) is 26.7 Å². The third-order valence-corrected chi connectivity index (χ3v) is 3.50. The summed E-state index contributed by atoms with van der Waals surface area (Å²) in [6, 6.07) is 0.0526. The van der Waals surface area contributed by atoms with Gasteiger partial charge in [0, 0.05) is 19.2 Å². The number of carbonyl (C=O) groups is 1. The summed E-state index contributed by atoms with van der Waals surface area (Å²) in [5, 5.41) is 18.0. The molecule has 0 aliphatic carbocycles. The number of carboxylic acid groups (broad SMARTS) is 1. The lowest BCUT2D eigenvalue weighted by molar-refractivity contribution is -0.143. The fourth-order valence-electron chi connectivity index (χ4n) is 2.14. The van der Waals surface area contributed by atoms with Crippen LogP contribution in [-0.2, 0) is 4.79 Å². The SMILES string of the molecule is CC(C(=O)O)C(C)N1CCCC(CO)C1. The van der Waals surface area contributed by atoms with Gasteiger partial charge in [0.2, 0.25) is 0 Å². The van der Waals surface area contributed by atoms with E-state index in [1.54, 1.807) is 6.92 Å². The molecule has 1 aliphatic rings. The lowest BCUT2D eigenvalue weighted by atomic mass is 9.94. The first-order chi connectivity index (χ1) is 7.06. The van der Waals surface area contributed by atoms with Crippen molar-refractivity contribution >= 4 is 5.97 Å². The molecule has 0 bridgehead atoms. The average molecular weight is 215 g/mol. The molecule has 3 atom stereocenters. The van der Waals surface area contributed by atoms with Crippen LogP contribution in [0.2, 0.25) is 0 Å². The summed E-state index contributed by atoms with van der Waals surface area (Å²) in [6.45, 7) is 5.70. The number of rotatable bonds is 4. The summed E-state index contributed by atoms with van der Waals surface area (Å²) >= 11 is 0. The summed E-state index contributed by atoms with van der Waals surface area (Å²) in [7, 11) is 0. The van der Waals surface area contributed by atoms with Gasteiger partial charge in [-0.25, -0.2) is 0 Å². The van der Waals surface area contributed by atoms with Gasteiger partial charge in [-0.2, -0.15) is 0 Å². The van der Waals surface area contributed by atoms with Crippen LogP contribution in [0, 0.1) is 11.8 Å². The van der Waals surface area contributed by atoms with E-state index in [0.29, 0.717) is 5.92 Å². The van der Waals surface area contributed by atoms with Gasteiger partial charge in [-0.05, 0) is 32.2 Å². The standard InChI is InChI=1S/C11H21NO3/c1-8(11(14)15)9(2)12-5-3-4-10(6-12)7-13/h8-10,13H,3-7H2,1-2H3,(H,14,15). The minimum atomic E-state index is -0.742. The molecule has 1 aliphatic heterocycles. The lowest BCUT2D eigenvalue weighted by Gasteiger charge is -2.37. The molecule has 2 N–H and O–H groups in total. The fraction of sp³-hybridized carbons (Fsp3) is 0.909. The van der Waals surface area contributed by atoms with Gasteiger partial charge in [0.15, 0.2) is 0 Å². The van der Waals surface area contributed by atoms with E-state index < -0.39 is 5.97 Å². The first-order valence-corrected chi connectivity index (χ1v) is 5.64. The summed E-state index contributed by atoms with van der Waals surface area (Å²) in [4.78, 5) is 13.0. The molecule has 88 valence electrons. The third kappa shape index (κ3) is 3.18. The van der Waals surface area contributed by atoms with Crippen LogP contribution in [-0.4, -0.2) is 46.8 Å². The number of aliphatic hydroxyl groups is 1.